The maximum absolute atomic E-state index is 12.5. The summed E-state index contributed by atoms with van der Waals surface area (Å²) in [6.07, 6.45) is 6.88. The van der Waals surface area contributed by atoms with E-state index in [1.807, 2.05) is 11.8 Å². The van der Waals surface area contributed by atoms with Crippen molar-refractivity contribution in [2.75, 3.05) is 6.54 Å². The lowest BCUT2D eigenvalue weighted by molar-refractivity contribution is -0.147. The monoisotopic (exact) mass is 268 g/mol. The van der Waals surface area contributed by atoms with Crippen molar-refractivity contribution in [2.45, 2.75) is 70.0 Å². The van der Waals surface area contributed by atoms with Crippen molar-refractivity contribution in [1.29, 1.82) is 0 Å². The molecule has 2 fully saturated rings. The van der Waals surface area contributed by atoms with Gasteiger partial charge in [-0.15, -0.1) is 0 Å². The largest absolute Gasteiger partial charge is 0.481 e. The van der Waals surface area contributed by atoms with Crippen molar-refractivity contribution in [1.82, 2.24) is 10.2 Å². The third kappa shape index (κ3) is 3.47. The Labute approximate surface area is 114 Å². The summed E-state index contributed by atoms with van der Waals surface area (Å²) in [5.74, 6) is -0.936. The standard InChI is InChI=1S/C14H24N2O3/c1-10-9-15-12(8-13(17)18)14(19)16(10)11-6-4-2-3-5-7-11/h10-12,15H,2-9H2,1H3,(H,17,18). The Kier molecular flexibility index (Phi) is 4.80. The Balaban J connectivity index is 2.06. The fourth-order valence-electron chi connectivity index (χ4n) is 3.31. The van der Waals surface area contributed by atoms with Crippen molar-refractivity contribution < 1.29 is 14.7 Å². The Morgan fingerprint density at radius 1 is 1.32 bits per heavy atom. The summed E-state index contributed by atoms with van der Waals surface area (Å²) in [7, 11) is 0. The summed E-state index contributed by atoms with van der Waals surface area (Å²) in [4.78, 5) is 25.3. The predicted molar refractivity (Wildman–Crippen MR) is 71.8 cm³/mol. The van der Waals surface area contributed by atoms with Gasteiger partial charge in [0.25, 0.3) is 0 Å². The van der Waals surface area contributed by atoms with Gasteiger partial charge in [-0.3, -0.25) is 9.59 Å². The first-order chi connectivity index (χ1) is 9.09. The summed E-state index contributed by atoms with van der Waals surface area (Å²) in [5.41, 5.74) is 0. The van der Waals surface area contributed by atoms with E-state index in [4.69, 9.17) is 5.11 Å². The van der Waals surface area contributed by atoms with Crippen molar-refractivity contribution in [3.8, 4) is 0 Å². The van der Waals surface area contributed by atoms with E-state index in [0.29, 0.717) is 12.6 Å². The Morgan fingerprint density at radius 3 is 2.53 bits per heavy atom. The molecule has 5 nitrogen and oxygen atoms in total. The molecule has 2 atom stereocenters. The highest BCUT2D eigenvalue weighted by molar-refractivity contribution is 5.87. The first kappa shape index (κ1) is 14.3. The molecule has 1 aliphatic carbocycles. The number of carboxylic acid groups (broad SMARTS) is 1. The summed E-state index contributed by atoms with van der Waals surface area (Å²) in [6, 6.07) is -0.0685. The molecule has 1 aliphatic heterocycles. The van der Waals surface area contributed by atoms with Crippen LogP contribution >= 0.6 is 0 Å². The molecular weight excluding hydrogens is 244 g/mol. The fourth-order valence-corrected chi connectivity index (χ4v) is 3.31. The highest BCUT2D eigenvalue weighted by Crippen LogP contribution is 2.25. The normalized spacial score (nSPS) is 30.2. The average Bonchev–Trinajstić information content (AvgIpc) is 2.62. The van der Waals surface area contributed by atoms with E-state index in [9.17, 15) is 9.59 Å². The van der Waals surface area contributed by atoms with Gasteiger partial charge in [0.05, 0.1) is 12.5 Å². The van der Waals surface area contributed by atoms with E-state index in [0.717, 1.165) is 12.8 Å². The van der Waals surface area contributed by atoms with Crippen LogP contribution in [0.4, 0.5) is 0 Å². The first-order valence-corrected chi connectivity index (χ1v) is 7.37. The molecule has 0 bridgehead atoms. The third-order valence-electron chi connectivity index (χ3n) is 4.28. The Hall–Kier alpha value is -1.10. The van der Waals surface area contributed by atoms with Crippen LogP contribution in [0.15, 0.2) is 0 Å². The molecular formula is C14H24N2O3. The van der Waals surface area contributed by atoms with Crippen LogP contribution in [-0.2, 0) is 9.59 Å². The molecule has 1 amide bonds. The molecule has 0 spiro atoms. The van der Waals surface area contributed by atoms with E-state index >= 15 is 0 Å². The smallest absolute Gasteiger partial charge is 0.305 e. The number of hydrogen-bond donors (Lipinski definition) is 2. The molecule has 0 radical (unpaired) electrons. The second kappa shape index (κ2) is 6.37. The average molecular weight is 268 g/mol. The van der Waals surface area contributed by atoms with E-state index < -0.39 is 12.0 Å². The second-order valence-electron chi connectivity index (χ2n) is 5.80. The fraction of sp³-hybridized carbons (Fsp3) is 0.857. The van der Waals surface area contributed by atoms with Crippen LogP contribution < -0.4 is 5.32 Å². The minimum atomic E-state index is -0.916. The molecule has 2 N–H and O–H groups in total. The van der Waals surface area contributed by atoms with Gasteiger partial charge in [-0.1, -0.05) is 25.7 Å². The number of aliphatic carboxylic acids is 1. The molecule has 0 aromatic rings. The van der Waals surface area contributed by atoms with Crippen LogP contribution in [0.3, 0.4) is 0 Å². The second-order valence-corrected chi connectivity index (χ2v) is 5.80. The highest BCUT2D eigenvalue weighted by Gasteiger charge is 2.37. The molecule has 2 aliphatic rings. The Bertz CT molecular complexity index is 338. The number of carbonyl (C=O) groups is 2. The number of rotatable bonds is 3. The van der Waals surface area contributed by atoms with Crippen molar-refractivity contribution >= 4 is 11.9 Å². The maximum Gasteiger partial charge on any atom is 0.305 e. The van der Waals surface area contributed by atoms with E-state index in [1.165, 1.54) is 25.7 Å². The number of nitrogens with one attached hydrogen (secondary N) is 1. The zero-order valence-corrected chi connectivity index (χ0v) is 11.6. The van der Waals surface area contributed by atoms with Crippen LogP contribution in [0, 0.1) is 0 Å². The number of amides is 1. The molecule has 1 heterocycles. The van der Waals surface area contributed by atoms with Gasteiger partial charge in [-0.05, 0) is 19.8 Å². The first-order valence-electron chi connectivity index (χ1n) is 7.37. The van der Waals surface area contributed by atoms with Crippen LogP contribution in [0.1, 0.15) is 51.9 Å². The SMILES string of the molecule is CC1CNC(CC(=O)O)C(=O)N1C1CCCCCC1. The number of hydrogen-bond acceptors (Lipinski definition) is 3. The Morgan fingerprint density at radius 2 is 1.95 bits per heavy atom. The summed E-state index contributed by atoms with van der Waals surface area (Å²) in [5, 5.41) is 11.9. The molecule has 0 aromatic heterocycles. The third-order valence-corrected chi connectivity index (χ3v) is 4.28. The van der Waals surface area contributed by atoms with Crippen molar-refractivity contribution in [3.63, 3.8) is 0 Å². The van der Waals surface area contributed by atoms with Crippen LogP contribution in [0.25, 0.3) is 0 Å². The van der Waals surface area contributed by atoms with Crippen LogP contribution in [0.2, 0.25) is 0 Å². The van der Waals surface area contributed by atoms with Crippen molar-refractivity contribution in [3.05, 3.63) is 0 Å². The molecule has 19 heavy (non-hydrogen) atoms. The van der Waals surface area contributed by atoms with Gasteiger partial charge in [0, 0.05) is 18.6 Å². The lowest BCUT2D eigenvalue weighted by atomic mass is 9.99. The van der Waals surface area contributed by atoms with Gasteiger partial charge in [0.2, 0.25) is 5.91 Å². The van der Waals surface area contributed by atoms with Gasteiger partial charge in [0.15, 0.2) is 0 Å². The molecule has 108 valence electrons. The molecule has 1 saturated heterocycles. The highest BCUT2D eigenvalue weighted by atomic mass is 16.4. The lowest BCUT2D eigenvalue weighted by Crippen LogP contribution is -2.62. The zero-order chi connectivity index (χ0) is 13.8. The van der Waals surface area contributed by atoms with Crippen molar-refractivity contribution in [2.24, 2.45) is 0 Å². The van der Waals surface area contributed by atoms with E-state index in [2.05, 4.69) is 5.32 Å². The van der Waals surface area contributed by atoms with Gasteiger partial charge >= 0.3 is 5.97 Å². The van der Waals surface area contributed by atoms with Gasteiger partial charge in [-0.2, -0.15) is 0 Å². The summed E-state index contributed by atoms with van der Waals surface area (Å²) < 4.78 is 0. The summed E-state index contributed by atoms with van der Waals surface area (Å²) >= 11 is 0. The molecule has 5 heteroatoms. The van der Waals surface area contributed by atoms with Crippen LogP contribution in [0.5, 0.6) is 0 Å². The quantitative estimate of drug-likeness (QED) is 0.759. The maximum atomic E-state index is 12.5. The van der Waals surface area contributed by atoms with E-state index in [1.54, 1.807) is 0 Å². The number of carboxylic acids is 1. The van der Waals surface area contributed by atoms with Crippen LogP contribution in [-0.4, -0.2) is 46.6 Å². The molecule has 0 aromatic carbocycles. The zero-order valence-electron chi connectivity index (χ0n) is 11.6. The number of nitrogens with zero attached hydrogens (tertiary/aromatic N) is 1. The number of piperazine rings is 1. The van der Waals surface area contributed by atoms with Gasteiger partial charge in [0.1, 0.15) is 0 Å². The van der Waals surface area contributed by atoms with E-state index in [-0.39, 0.29) is 18.4 Å². The minimum absolute atomic E-state index is 0.0203. The number of carbonyl (C=O) groups excluding carboxylic acids is 1. The summed E-state index contributed by atoms with van der Waals surface area (Å²) in [6.45, 7) is 2.74. The minimum Gasteiger partial charge on any atom is -0.481 e. The van der Waals surface area contributed by atoms with Gasteiger partial charge < -0.3 is 15.3 Å². The lowest BCUT2D eigenvalue weighted by Gasteiger charge is -2.42. The topological polar surface area (TPSA) is 69.6 Å². The van der Waals surface area contributed by atoms with Gasteiger partial charge in [-0.25, -0.2) is 0 Å². The molecule has 2 unspecified atom stereocenters. The molecule has 1 saturated carbocycles. The predicted octanol–water partition coefficient (Wildman–Crippen LogP) is 1.37. The molecule has 2 rings (SSSR count).